The molecule has 1 atom stereocenters. The quantitative estimate of drug-likeness (QED) is 0.830. The molecule has 1 saturated carbocycles. The minimum absolute atomic E-state index is 0.179. The van der Waals surface area contributed by atoms with Crippen molar-refractivity contribution in [2.45, 2.75) is 25.2 Å². The summed E-state index contributed by atoms with van der Waals surface area (Å²) in [6, 6.07) is 8.10. The topological polar surface area (TPSA) is 42.3 Å². The Bertz CT molecular complexity index is 860. The number of benzene rings is 1. The number of hydrogen-bond donors (Lipinski definition) is 0. The number of rotatable bonds is 2. The zero-order chi connectivity index (χ0) is 16.2. The van der Waals surface area contributed by atoms with Crippen LogP contribution in [0.3, 0.4) is 0 Å². The second-order valence-corrected chi connectivity index (χ2v) is 6.68. The van der Waals surface area contributed by atoms with Crippen molar-refractivity contribution in [3.8, 4) is 11.3 Å². The van der Waals surface area contributed by atoms with Crippen LogP contribution in [0.2, 0.25) is 5.02 Å². The molecular weight excluding hydrogens is 315 g/mol. The summed E-state index contributed by atoms with van der Waals surface area (Å²) < 4.78 is 14.1. The van der Waals surface area contributed by atoms with Crippen molar-refractivity contribution in [3.05, 3.63) is 52.4 Å². The molecule has 0 saturated heterocycles. The predicted molar refractivity (Wildman–Crippen MR) is 87.3 cm³/mol. The first-order chi connectivity index (χ1) is 11.0. The molecule has 2 aliphatic rings. The number of carbonyl (C=O) groups excluding carboxylic acids is 1. The molecule has 1 fully saturated rings. The van der Waals surface area contributed by atoms with E-state index in [4.69, 9.17) is 11.6 Å². The first kappa shape index (κ1) is 14.5. The maximum absolute atomic E-state index is 14.1. The van der Waals surface area contributed by atoms with E-state index in [1.54, 1.807) is 24.3 Å². The number of hydrogen-bond acceptors (Lipinski definition) is 2. The summed E-state index contributed by atoms with van der Waals surface area (Å²) in [4.78, 5) is 21.0. The molecule has 1 aromatic carbocycles. The van der Waals surface area contributed by atoms with Gasteiger partial charge in [0, 0.05) is 17.3 Å². The molecule has 23 heavy (non-hydrogen) atoms. The van der Waals surface area contributed by atoms with Gasteiger partial charge in [0.25, 0.3) is 5.91 Å². The number of nitrogens with zero attached hydrogens (tertiary/aromatic N) is 2. The summed E-state index contributed by atoms with van der Waals surface area (Å²) in [5, 5.41) is 0.354. The summed E-state index contributed by atoms with van der Waals surface area (Å²) in [5.74, 6) is -0.319. The van der Waals surface area contributed by atoms with Gasteiger partial charge in [0.1, 0.15) is 5.82 Å². The number of aliphatic imine (C=N–C) groups is 1. The van der Waals surface area contributed by atoms with Crippen LogP contribution >= 0.6 is 11.6 Å². The molecule has 3 nitrogen and oxygen atoms in total. The number of carbonyl (C=O) groups is 1. The van der Waals surface area contributed by atoms with Gasteiger partial charge in [-0.2, -0.15) is 0 Å². The van der Waals surface area contributed by atoms with E-state index in [0.29, 0.717) is 22.0 Å². The molecule has 2 aromatic rings. The molecule has 5 heteroatoms. The average Bonchev–Trinajstić information content (AvgIpc) is 3.37. The highest BCUT2D eigenvalue weighted by molar-refractivity contribution is 6.33. The van der Waals surface area contributed by atoms with Gasteiger partial charge in [-0.25, -0.2) is 14.4 Å². The smallest absolute Gasteiger partial charge is 0.257 e. The summed E-state index contributed by atoms with van der Waals surface area (Å²) in [7, 11) is 0. The maximum Gasteiger partial charge on any atom is 0.257 e. The lowest BCUT2D eigenvalue weighted by molar-refractivity contribution is -0.123. The Morgan fingerprint density at radius 3 is 2.74 bits per heavy atom. The third kappa shape index (κ3) is 2.12. The SMILES string of the molecule is CC1(C2CC2)C(=O)N=Cc2cc(Cl)c(-c3ccccc3F)nc21. The molecule has 1 aliphatic heterocycles. The van der Waals surface area contributed by atoms with Crippen LogP contribution in [-0.4, -0.2) is 17.1 Å². The Hall–Kier alpha value is -2.07. The summed E-state index contributed by atoms with van der Waals surface area (Å²) in [5.41, 5.74) is 1.37. The lowest BCUT2D eigenvalue weighted by Gasteiger charge is -2.30. The van der Waals surface area contributed by atoms with Crippen LogP contribution in [0.15, 0.2) is 35.3 Å². The fourth-order valence-electron chi connectivity index (χ4n) is 3.25. The third-order valence-electron chi connectivity index (χ3n) is 4.79. The molecular formula is C18H14ClFN2O. The van der Waals surface area contributed by atoms with E-state index in [2.05, 4.69) is 9.98 Å². The van der Waals surface area contributed by atoms with Crippen LogP contribution in [-0.2, 0) is 10.2 Å². The lowest BCUT2D eigenvalue weighted by Crippen LogP contribution is -2.38. The summed E-state index contributed by atoms with van der Waals surface area (Å²) in [6.45, 7) is 1.88. The van der Waals surface area contributed by atoms with E-state index in [-0.39, 0.29) is 17.6 Å². The van der Waals surface area contributed by atoms with E-state index >= 15 is 0 Å². The van der Waals surface area contributed by atoms with Gasteiger partial charge in [0.05, 0.1) is 21.8 Å². The van der Waals surface area contributed by atoms with Gasteiger partial charge in [-0.15, -0.1) is 0 Å². The molecule has 0 bridgehead atoms. The van der Waals surface area contributed by atoms with Crippen LogP contribution in [0, 0.1) is 11.7 Å². The van der Waals surface area contributed by atoms with Crippen LogP contribution < -0.4 is 0 Å². The largest absolute Gasteiger partial charge is 0.272 e. The first-order valence-electron chi connectivity index (χ1n) is 7.56. The average molecular weight is 329 g/mol. The van der Waals surface area contributed by atoms with Gasteiger partial charge in [-0.05, 0) is 43.9 Å². The Kier molecular flexibility index (Phi) is 3.13. The number of halogens is 2. The summed E-state index contributed by atoms with van der Waals surface area (Å²) >= 11 is 6.32. The van der Waals surface area contributed by atoms with Crippen molar-refractivity contribution >= 4 is 23.7 Å². The van der Waals surface area contributed by atoms with Crippen molar-refractivity contribution in [2.24, 2.45) is 10.9 Å². The molecule has 1 aromatic heterocycles. The van der Waals surface area contributed by atoms with Gasteiger partial charge in [-0.1, -0.05) is 23.7 Å². The van der Waals surface area contributed by atoms with Crippen LogP contribution in [0.5, 0.6) is 0 Å². The van der Waals surface area contributed by atoms with Gasteiger partial charge in [0.2, 0.25) is 0 Å². The Balaban J connectivity index is 1.96. The standard InChI is InChI=1S/C18H14ClFN2O/c1-18(11-6-7-11)16-10(9-21-17(18)23)8-13(19)15(22-16)12-4-2-3-5-14(12)20/h2-5,8-9,11H,6-7H2,1H3. The fourth-order valence-corrected chi connectivity index (χ4v) is 3.51. The molecule has 1 amide bonds. The third-order valence-corrected chi connectivity index (χ3v) is 5.07. The number of amides is 1. The maximum atomic E-state index is 14.1. The Labute approximate surface area is 138 Å². The van der Waals surface area contributed by atoms with Crippen molar-refractivity contribution < 1.29 is 9.18 Å². The zero-order valence-corrected chi connectivity index (χ0v) is 13.3. The van der Waals surface area contributed by atoms with E-state index in [9.17, 15) is 9.18 Å². The molecule has 1 unspecified atom stereocenters. The highest BCUT2D eigenvalue weighted by Gasteiger charge is 2.51. The van der Waals surface area contributed by atoms with Crippen LogP contribution in [0.25, 0.3) is 11.3 Å². The number of aromatic nitrogens is 1. The minimum Gasteiger partial charge on any atom is -0.272 e. The van der Waals surface area contributed by atoms with Crippen molar-refractivity contribution in [2.75, 3.05) is 0 Å². The van der Waals surface area contributed by atoms with Crippen molar-refractivity contribution in [1.82, 2.24) is 4.98 Å². The summed E-state index contributed by atoms with van der Waals surface area (Å²) in [6.07, 6.45) is 3.47. The molecule has 0 radical (unpaired) electrons. The van der Waals surface area contributed by atoms with Crippen LogP contribution in [0.4, 0.5) is 4.39 Å². The lowest BCUT2D eigenvalue weighted by atomic mass is 9.77. The number of fused-ring (bicyclic) bond motifs is 1. The van der Waals surface area contributed by atoms with Gasteiger partial charge < -0.3 is 0 Å². The Morgan fingerprint density at radius 2 is 2.04 bits per heavy atom. The zero-order valence-electron chi connectivity index (χ0n) is 12.5. The van der Waals surface area contributed by atoms with E-state index < -0.39 is 5.41 Å². The monoisotopic (exact) mass is 328 g/mol. The number of pyridine rings is 1. The van der Waals surface area contributed by atoms with Gasteiger partial charge >= 0.3 is 0 Å². The predicted octanol–water partition coefficient (Wildman–Crippen LogP) is 4.17. The highest BCUT2D eigenvalue weighted by atomic mass is 35.5. The second-order valence-electron chi connectivity index (χ2n) is 6.28. The molecule has 0 spiro atoms. The molecule has 0 N–H and O–H groups in total. The fraction of sp³-hybridized carbons (Fsp3) is 0.278. The molecule has 1 aliphatic carbocycles. The van der Waals surface area contributed by atoms with Crippen LogP contribution in [0.1, 0.15) is 31.0 Å². The van der Waals surface area contributed by atoms with E-state index in [1.807, 2.05) is 6.92 Å². The van der Waals surface area contributed by atoms with Gasteiger partial charge in [0.15, 0.2) is 0 Å². The second kappa shape index (κ2) is 4.96. The molecule has 4 rings (SSSR count). The first-order valence-corrected chi connectivity index (χ1v) is 7.94. The molecule has 2 heterocycles. The van der Waals surface area contributed by atoms with Crippen molar-refractivity contribution in [1.29, 1.82) is 0 Å². The highest BCUT2D eigenvalue weighted by Crippen LogP contribution is 2.50. The van der Waals surface area contributed by atoms with Crippen molar-refractivity contribution in [3.63, 3.8) is 0 Å². The molecule has 116 valence electrons. The minimum atomic E-state index is -0.741. The van der Waals surface area contributed by atoms with E-state index in [0.717, 1.165) is 18.4 Å². The van der Waals surface area contributed by atoms with E-state index in [1.165, 1.54) is 12.3 Å². The van der Waals surface area contributed by atoms with Gasteiger partial charge in [-0.3, -0.25) is 4.79 Å². The Morgan fingerprint density at radius 1 is 1.30 bits per heavy atom. The normalized spacial score (nSPS) is 23.0.